The molecule has 2 atom stereocenters. The van der Waals surface area contributed by atoms with Gasteiger partial charge >= 0.3 is 0 Å². The molecule has 2 unspecified atom stereocenters. The van der Waals surface area contributed by atoms with Crippen molar-refractivity contribution in [1.82, 2.24) is 5.32 Å². The Morgan fingerprint density at radius 3 is 2.50 bits per heavy atom. The zero-order valence-corrected chi connectivity index (χ0v) is 15.7. The number of hydrogen-bond donors (Lipinski definition) is 1. The van der Waals surface area contributed by atoms with E-state index in [-0.39, 0.29) is 6.04 Å². The van der Waals surface area contributed by atoms with Crippen molar-refractivity contribution in [1.29, 1.82) is 0 Å². The fourth-order valence-electron chi connectivity index (χ4n) is 3.18. The number of rotatable bonds is 8. The molecular formula is C25H29N. The number of nitrogens with one attached hydrogen (secondary N) is 1. The summed E-state index contributed by atoms with van der Waals surface area (Å²) in [6, 6.07) is 0.251. The molecule has 0 aromatic heterocycles. The van der Waals surface area contributed by atoms with E-state index >= 15 is 0 Å². The molecule has 0 amide bonds. The van der Waals surface area contributed by atoms with Gasteiger partial charge in [-0.05, 0) is 53.8 Å². The summed E-state index contributed by atoms with van der Waals surface area (Å²) in [6.45, 7) is 18.2. The van der Waals surface area contributed by atoms with Crippen molar-refractivity contribution in [3.8, 4) is 0 Å². The smallest absolute Gasteiger partial charge is 0.0482 e. The Balaban J connectivity index is 2.25. The molecule has 0 saturated heterocycles. The second-order valence-electron chi connectivity index (χ2n) is 6.54. The van der Waals surface area contributed by atoms with Crippen molar-refractivity contribution in [2.24, 2.45) is 5.92 Å². The lowest BCUT2D eigenvalue weighted by Gasteiger charge is -2.27. The standard InChI is InChI=1S/C25H29N/c1-6-11-19(3)20(4)14-15-21(5)25-18-23(26-7-2)16-17-24(25)22-12-9-8-10-13-22/h6-12,14-17,22-23,26H,2-5,13,18H2,1H3/b11-6-,15-14-. The minimum absolute atomic E-state index is 0.251. The topological polar surface area (TPSA) is 12.0 Å². The van der Waals surface area contributed by atoms with Crippen LogP contribution < -0.4 is 5.32 Å². The molecule has 0 aromatic rings. The van der Waals surface area contributed by atoms with Gasteiger partial charge in [0.2, 0.25) is 0 Å². The van der Waals surface area contributed by atoms with E-state index in [1.54, 1.807) is 6.20 Å². The highest BCUT2D eigenvalue weighted by Gasteiger charge is 2.21. The van der Waals surface area contributed by atoms with Gasteiger partial charge in [0.15, 0.2) is 0 Å². The molecule has 0 fully saturated rings. The third-order valence-corrected chi connectivity index (χ3v) is 4.65. The molecule has 0 aromatic carbocycles. The first-order valence-electron chi connectivity index (χ1n) is 9.06. The SMILES string of the molecule is C=CNC1C=CC(C2C=CC=CC2)=C(C(=C)/C=C\C(=C)C(=C)/C=C\C)C1. The molecule has 0 spiro atoms. The molecule has 0 saturated carbocycles. The largest absolute Gasteiger partial charge is 0.385 e. The molecule has 0 heterocycles. The third-order valence-electron chi connectivity index (χ3n) is 4.65. The Morgan fingerprint density at radius 2 is 1.85 bits per heavy atom. The van der Waals surface area contributed by atoms with Gasteiger partial charge in [0.25, 0.3) is 0 Å². The highest BCUT2D eigenvalue weighted by molar-refractivity contribution is 5.52. The zero-order valence-electron chi connectivity index (χ0n) is 15.7. The van der Waals surface area contributed by atoms with Crippen LogP contribution in [0.1, 0.15) is 19.8 Å². The molecule has 134 valence electrons. The molecule has 2 aliphatic rings. The maximum Gasteiger partial charge on any atom is 0.0482 e. The Hall–Kier alpha value is -2.80. The number of hydrogen-bond acceptors (Lipinski definition) is 1. The maximum absolute atomic E-state index is 4.33. The molecule has 1 heteroatoms. The van der Waals surface area contributed by atoms with Gasteiger partial charge in [-0.3, -0.25) is 0 Å². The van der Waals surface area contributed by atoms with Crippen LogP contribution in [0.5, 0.6) is 0 Å². The van der Waals surface area contributed by atoms with Gasteiger partial charge in [-0.1, -0.05) is 87.1 Å². The zero-order chi connectivity index (χ0) is 18.9. The van der Waals surface area contributed by atoms with Crippen LogP contribution in [0, 0.1) is 5.92 Å². The molecule has 1 N–H and O–H groups in total. The highest BCUT2D eigenvalue weighted by atomic mass is 14.9. The molecule has 2 aliphatic carbocycles. The molecule has 26 heavy (non-hydrogen) atoms. The first-order chi connectivity index (χ1) is 12.6. The van der Waals surface area contributed by atoms with Gasteiger partial charge in [0, 0.05) is 12.0 Å². The molecule has 2 rings (SSSR count). The van der Waals surface area contributed by atoms with Crippen molar-refractivity contribution < 1.29 is 0 Å². The van der Waals surface area contributed by atoms with Crippen molar-refractivity contribution in [3.63, 3.8) is 0 Å². The Morgan fingerprint density at radius 1 is 1.08 bits per heavy atom. The fraction of sp³-hybridized carbons (Fsp3) is 0.200. The maximum atomic E-state index is 4.33. The summed E-state index contributed by atoms with van der Waals surface area (Å²) in [7, 11) is 0. The minimum atomic E-state index is 0.251. The number of allylic oxidation sites excluding steroid dienone is 13. The van der Waals surface area contributed by atoms with Crippen molar-refractivity contribution >= 4 is 0 Å². The summed E-state index contributed by atoms with van der Waals surface area (Å²) in [5.74, 6) is 0.405. The second-order valence-corrected chi connectivity index (χ2v) is 6.54. The molecule has 1 nitrogen and oxygen atoms in total. The Kier molecular flexibility index (Phi) is 7.23. The lowest BCUT2D eigenvalue weighted by Crippen LogP contribution is -2.26. The average molecular weight is 344 g/mol. The predicted molar refractivity (Wildman–Crippen MR) is 116 cm³/mol. The van der Waals surface area contributed by atoms with Crippen molar-refractivity contribution in [2.45, 2.75) is 25.8 Å². The second kappa shape index (κ2) is 9.62. The van der Waals surface area contributed by atoms with E-state index in [0.717, 1.165) is 29.6 Å². The summed E-state index contributed by atoms with van der Waals surface area (Å²) in [6.07, 6.45) is 24.9. The van der Waals surface area contributed by atoms with E-state index < -0.39 is 0 Å². The Labute approximate surface area is 158 Å². The summed E-state index contributed by atoms with van der Waals surface area (Å²) in [5, 5.41) is 3.30. The molecule has 0 aliphatic heterocycles. The molecule has 0 bridgehead atoms. The van der Waals surface area contributed by atoms with Crippen LogP contribution in [0.25, 0.3) is 0 Å². The van der Waals surface area contributed by atoms with Crippen LogP contribution in [0.4, 0.5) is 0 Å². The van der Waals surface area contributed by atoms with Gasteiger partial charge < -0.3 is 5.32 Å². The first-order valence-corrected chi connectivity index (χ1v) is 9.06. The highest BCUT2D eigenvalue weighted by Crippen LogP contribution is 2.34. The van der Waals surface area contributed by atoms with Crippen LogP contribution in [0.15, 0.2) is 121 Å². The van der Waals surface area contributed by atoms with Crippen molar-refractivity contribution in [2.75, 3.05) is 0 Å². The summed E-state index contributed by atoms with van der Waals surface area (Å²) in [5.41, 5.74) is 5.48. The molecule has 0 radical (unpaired) electrons. The lowest BCUT2D eigenvalue weighted by atomic mass is 9.81. The van der Waals surface area contributed by atoms with Gasteiger partial charge in [-0.25, -0.2) is 0 Å². The van der Waals surface area contributed by atoms with Crippen LogP contribution >= 0.6 is 0 Å². The monoisotopic (exact) mass is 343 g/mol. The van der Waals surface area contributed by atoms with Gasteiger partial charge in [0.05, 0.1) is 0 Å². The predicted octanol–water partition coefficient (Wildman–Crippen LogP) is 6.28. The van der Waals surface area contributed by atoms with Gasteiger partial charge in [0.1, 0.15) is 0 Å². The summed E-state index contributed by atoms with van der Waals surface area (Å²) in [4.78, 5) is 0. The average Bonchev–Trinajstić information content (AvgIpc) is 2.67. The van der Waals surface area contributed by atoms with E-state index in [9.17, 15) is 0 Å². The van der Waals surface area contributed by atoms with Gasteiger partial charge in [-0.15, -0.1) is 0 Å². The van der Waals surface area contributed by atoms with E-state index in [2.05, 4.69) is 74.2 Å². The van der Waals surface area contributed by atoms with Crippen LogP contribution in [0.2, 0.25) is 0 Å². The minimum Gasteiger partial charge on any atom is -0.385 e. The molecular weight excluding hydrogens is 314 g/mol. The fourth-order valence-corrected chi connectivity index (χ4v) is 3.18. The van der Waals surface area contributed by atoms with E-state index in [1.165, 1.54) is 11.1 Å². The Bertz CT molecular complexity index is 762. The quantitative estimate of drug-likeness (QED) is 0.512. The van der Waals surface area contributed by atoms with Crippen LogP contribution in [-0.2, 0) is 0 Å². The van der Waals surface area contributed by atoms with Gasteiger partial charge in [-0.2, -0.15) is 0 Å². The summed E-state index contributed by atoms with van der Waals surface area (Å²) >= 11 is 0. The normalized spacial score (nSPS) is 22.2. The third kappa shape index (κ3) is 5.10. The van der Waals surface area contributed by atoms with E-state index in [1.807, 2.05) is 25.2 Å². The van der Waals surface area contributed by atoms with E-state index in [0.29, 0.717) is 5.92 Å². The van der Waals surface area contributed by atoms with Crippen LogP contribution in [-0.4, -0.2) is 6.04 Å². The van der Waals surface area contributed by atoms with Crippen LogP contribution in [0.3, 0.4) is 0 Å². The van der Waals surface area contributed by atoms with Crippen molar-refractivity contribution in [3.05, 3.63) is 121 Å². The summed E-state index contributed by atoms with van der Waals surface area (Å²) < 4.78 is 0. The first kappa shape index (κ1) is 19.5. The lowest BCUT2D eigenvalue weighted by molar-refractivity contribution is 0.663. The van der Waals surface area contributed by atoms with E-state index in [4.69, 9.17) is 0 Å².